The number of hydrogen-bond donors (Lipinski definition) is 3. The number of phenols is 1. The van der Waals surface area contributed by atoms with Crippen molar-refractivity contribution in [1.82, 2.24) is 0 Å². The van der Waals surface area contributed by atoms with Crippen LogP contribution in [0.3, 0.4) is 0 Å². The second-order valence-electron chi connectivity index (χ2n) is 4.77. The van der Waals surface area contributed by atoms with Gasteiger partial charge in [-0.25, -0.2) is 0 Å². The molecule has 4 N–H and O–H groups in total. The van der Waals surface area contributed by atoms with Crippen LogP contribution < -0.4 is 10.5 Å². The molecule has 1 unspecified atom stereocenters. The maximum Gasteiger partial charge on any atom is 0.311 e. The number of aliphatic carboxylic acids is 1. The predicted octanol–water partition coefficient (Wildman–Crippen LogP) is 2.39. The fourth-order valence-electron chi connectivity index (χ4n) is 2.17. The minimum absolute atomic E-state index is 0.00329. The van der Waals surface area contributed by atoms with E-state index in [1.165, 1.54) is 13.2 Å². The molecule has 1 atom stereocenters. The number of nitrogens with two attached hydrogens (primary N) is 1. The van der Waals surface area contributed by atoms with E-state index in [-0.39, 0.29) is 12.2 Å². The quantitative estimate of drug-likeness (QED) is 0.734. The van der Waals surface area contributed by atoms with E-state index >= 15 is 0 Å². The molecule has 2 aromatic carbocycles. The number of carbonyl (C=O) groups is 1. The normalized spacial score (nSPS) is 11.9. The Balaban J connectivity index is 2.26. The first-order valence-corrected chi connectivity index (χ1v) is 6.45. The van der Waals surface area contributed by atoms with E-state index in [1.807, 2.05) is 0 Å². The molecule has 21 heavy (non-hydrogen) atoms. The van der Waals surface area contributed by atoms with Crippen LogP contribution in [0.5, 0.6) is 11.5 Å². The molecule has 0 aliphatic heterocycles. The molecule has 0 saturated carbocycles. The van der Waals surface area contributed by atoms with Gasteiger partial charge in [-0.05, 0) is 41.8 Å². The van der Waals surface area contributed by atoms with Gasteiger partial charge in [0, 0.05) is 5.69 Å². The van der Waals surface area contributed by atoms with Crippen molar-refractivity contribution in [3.63, 3.8) is 0 Å². The fourth-order valence-corrected chi connectivity index (χ4v) is 2.17. The summed E-state index contributed by atoms with van der Waals surface area (Å²) in [5.41, 5.74) is 7.59. The number of nitrogen functional groups attached to an aromatic ring is 1. The molecule has 5 heteroatoms. The zero-order valence-corrected chi connectivity index (χ0v) is 11.6. The Kier molecular flexibility index (Phi) is 4.33. The molecule has 0 radical (unpaired) electrons. The van der Waals surface area contributed by atoms with E-state index in [0.29, 0.717) is 17.0 Å². The first kappa shape index (κ1) is 14.7. The van der Waals surface area contributed by atoms with Crippen LogP contribution in [0.2, 0.25) is 0 Å². The minimum Gasteiger partial charge on any atom is -0.504 e. The summed E-state index contributed by atoms with van der Waals surface area (Å²) < 4.78 is 4.97. The third-order valence-electron chi connectivity index (χ3n) is 3.32. The lowest BCUT2D eigenvalue weighted by Gasteiger charge is -2.14. The van der Waals surface area contributed by atoms with E-state index < -0.39 is 11.9 Å². The molecule has 0 aromatic heterocycles. The highest BCUT2D eigenvalue weighted by Crippen LogP contribution is 2.29. The van der Waals surface area contributed by atoms with Gasteiger partial charge in [-0.1, -0.05) is 18.2 Å². The lowest BCUT2D eigenvalue weighted by molar-refractivity contribution is -0.138. The van der Waals surface area contributed by atoms with Gasteiger partial charge >= 0.3 is 5.97 Å². The molecule has 0 fully saturated rings. The molecule has 0 saturated heterocycles. The number of carboxylic acids is 1. The van der Waals surface area contributed by atoms with Crippen LogP contribution in [0.25, 0.3) is 0 Å². The van der Waals surface area contributed by atoms with Gasteiger partial charge in [0.2, 0.25) is 0 Å². The number of rotatable bonds is 5. The maximum absolute atomic E-state index is 11.5. The second-order valence-corrected chi connectivity index (χ2v) is 4.77. The summed E-state index contributed by atoms with van der Waals surface area (Å²) in [4.78, 5) is 11.5. The van der Waals surface area contributed by atoms with Crippen molar-refractivity contribution in [1.29, 1.82) is 0 Å². The van der Waals surface area contributed by atoms with Crippen molar-refractivity contribution in [3.8, 4) is 11.5 Å². The molecule has 0 aliphatic rings. The number of aromatic hydroxyl groups is 1. The van der Waals surface area contributed by atoms with E-state index in [0.717, 1.165) is 5.56 Å². The van der Waals surface area contributed by atoms with Crippen molar-refractivity contribution in [2.45, 2.75) is 12.3 Å². The average Bonchev–Trinajstić information content (AvgIpc) is 2.46. The first-order chi connectivity index (χ1) is 10.0. The third-order valence-corrected chi connectivity index (χ3v) is 3.32. The van der Waals surface area contributed by atoms with Crippen molar-refractivity contribution in [3.05, 3.63) is 53.6 Å². The second kappa shape index (κ2) is 6.17. The number of benzene rings is 2. The van der Waals surface area contributed by atoms with Gasteiger partial charge in [0.05, 0.1) is 13.0 Å². The summed E-state index contributed by atoms with van der Waals surface area (Å²) in [6, 6.07) is 11.6. The van der Waals surface area contributed by atoms with Crippen LogP contribution in [0, 0.1) is 0 Å². The molecule has 2 rings (SSSR count). The van der Waals surface area contributed by atoms with Crippen molar-refractivity contribution >= 4 is 11.7 Å². The molecule has 0 aliphatic carbocycles. The largest absolute Gasteiger partial charge is 0.504 e. The molecular formula is C16H17NO4. The van der Waals surface area contributed by atoms with Gasteiger partial charge in [-0.3, -0.25) is 4.79 Å². The van der Waals surface area contributed by atoms with Crippen LogP contribution in [0.1, 0.15) is 17.0 Å². The van der Waals surface area contributed by atoms with Gasteiger partial charge in [-0.15, -0.1) is 0 Å². The summed E-state index contributed by atoms with van der Waals surface area (Å²) in [6.07, 6.45) is 0.275. The van der Waals surface area contributed by atoms with E-state index in [9.17, 15) is 15.0 Å². The van der Waals surface area contributed by atoms with Gasteiger partial charge in [0.15, 0.2) is 11.5 Å². The monoisotopic (exact) mass is 287 g/mol. The topological polar surface area (TPSA) is 92.8 Å². The molecule has 2 aromatic rings. The smallest absolute Gasteiger partial charge is 0.311 e. The number of ether oxygens (including phenoxy) is 1. The summed E-state index contributed by atoms with van der Waals surface area (Å²) in [5, 5.41) is 19.2. The Bertz CT molecular complexity index is 637. The number of phenolic OH excluding ortho intramolecular Hbond substituents is 1. The molecule has 0 bridgehead atoms. The number of hydrogen-bond acceptors (Lipinski definition) is 4. The highest BCUT2D eigenvalue weighted by atomic mass is 16.5. The van der Waals surface area contributed by atoms with Crippen LogP contribution in [0.4, 0.5) is 5.69 Å². The molecule has 110 valence electrons. The highest BCUT2D eigenvalue weighted by Gasteiger charge is 2.20. The summed E-state index contributed by atoms with van der Waals surface area (Å²) in [6.45, 7) is 0. The van der Waals surface area contributed by atoms with E-state index in [1.54, 1.807) is 36.4 Å². The van der Waals surface area contributed by atoms with Crippen molar-refractivity contribution in [2.24, 2.45) is 0 Å². The first-order valence-electron chi connectivity index (χ1n) is 6.45. The fraction of sp³-hybridized carbons (Fsp3) is 0.188. The van der Waals surface area contributed by atoms with Gasteiger partial charge in [0.25, 0.3) is 0 Å². The lowest BCUT2D eigenvalue weighted by Crippen LogP contribution is -2.14. The predicted molar refractivity (Wildman–Crippen MR) is 79.6 cm³/mol. The molecule has 5 nitrogen and oxygen atoms in total. The Morgan fingerprint density at radius 2 is 1.90 bits per heavy atom. The number of anilines is 1. The molecular weight excluding hydrogens is 270 g/mol. The SMILES string of the molecule is COc1ccc(CC(C(=O)O)c2ccc(N)cc2)cc1O. The summed E-state index contributed by atoms with van der Waals surface area (Å²) in [5.74, 6) is -1.26. The lowest BCUT2D eigenvalue weighted by atomic mass is 9.92. The molecule has 0 heterocycles. The van der Waals surface area contributed by atoms with Crippen LogP contribution in [0.15, 0.2) is 42.5 Å². The van der Waals surface area contributed by atoms with E-state index in [4.69, 9.17) is 10.5 Å². The van der Waals surface area contributed by atoms with Gasteiger partial charge in [0.1, 0.15) is 0 Å². The molecule has 0 spiro atoms. The maximum atomic E-state index is 11.5. The Hall–Kier alpha value is -2.69. The van der Waals surface area contributed by atoms with Crippen LogP contribution >= 0.6 is 0 Å². The highest BCUT2D eigenvalue weighted by molar-refractivity contribution is 5.76. The van der Waals surface area contributed by atoms with E-state index in [2.05, 4.69) is 0 Å². The van der Waals surface area contributed by atoms with Gasteiger partial charge in [-0.2, -0.15) is 0 Å². The zero-order valence-electron chi connectivity index (χ0n) is 11.6. The Morgan fingerprint density at radius 3 is 2.43 bits per heavy atom. The standard InChI is InChI=1S/C16H17NO4/c1-21-15-7-2-10(9-14(15)18)8-13(16(19)20)11-3-5-12(17)6-4-11/h2-7,9,13,18H,8,17H2,1H3,(H,19,20). The average molecular weight is 287 g/mol. The molecule has 0 amide bonds. The van der Waals surface area contributed by atoms with Crippen molar-refractivity contribution in [2.75, 3.05) is 12.8 Å². The van der Waals surface area contributed by atoms with Gasteiger partial charge < -0.3 is 20.7 Å². The number of methoxy groups -OCH3 is 1. The Labute approximate surface area is 122 Å². The Morgan fingerprint density at radius 1 is 1.24 bits per heavy atom. The van der Waals surface area contributed by atoms with Crippen LogP contribution in [-0.4, -0.2) is 23.3 Å². The number of carboxylic acid groups (broad SMARTS) is 1. The van der Waals surface area contributed by atoms with Crippen LogP contribution in [-0.2, 0) is 11.2 Å². The zero-order chi connectivity index (χ0) is 15.4. The third kappa shape index (κ3) is 3.45. The van der Waals surface area contributed by atoms with Crippen molar-refractivity contribution < 1.29 is 19.7 Å². The summed E-state index contributed by atoms with van der Waals surface area (Å²) in [7, 11) is 1.46. The minimum atomic E-state index is -0.921. The summed E-state index contributed by atoms with van der Waals surface area (Å²) >= 11 is 0.